The molecule has 0 aliphatic heterocycles. The molecule has 0 bridgehead atoms. The van der Waals surface area contributed by atoms with Crippen molar-refractivity contribution in [2.75, 3.05) is 0 Å². The summed E-state index contributed by atoms with van der Waals surface area (Å²) >= 11 is 0. The zero-order chi connectivity index (χ0) is 13.5. The van der Waals surface area contributed by atoms with Gasteiger partial charge in [0.25, 0.3) is 5.12 Å². The summed E-state index contributed by atoms with van der Waals surface area (Å²) in [5.41, 5.74) is 0.977. The number of carbonyl (C=O) groups excluding carboxylic acids is 1. The molecule has 0 aliphatic rings. The Morgan fingerprint density at radius 3 is 1.94 bits per heavy atom. The van der Waals surface area contributed by atoms with E-state index in [9.17, 15) is 13.2 Å². The predicted molar refractivity (Wildman–Crippen MR) is 67.9 cm³/mol. The Labute approximate surface area is 101 Å². The zero-order valence-corrected chi connectivity index (χ0v) is 10.3. The highest BCUT2D eigenvalue weighted by Crippen LogP contribution is 1.97. The standard InChI is InChI=1S/C8H8.C4H6O4S/c1-2-8-6-4-3-5-7-8;1-3(2)4(5)9(6,7)8/h2-7H,1H2;1H2,2H3,(H,6,7,8). The van der Waals surface area contributed by atoms with E-state index in [2.05, 4.69) is 13.2 Å². The molecule has 1 N–H and O–H groups in total. The molecule has 0 fully saturated rings. The Balaban J connectivity index is 0.000000302. The van der Waals surface area contributed by atoms with Gasteiger partial charge in [0.2, 0.25) is 0 Å². The molecule has 1 aromatic carbocycles. The maximum atomic E-state index is 10.2. The molecule has 0 aliphatic carbocycles. The second kappa shape index (κ2) is 6.78. The summed E-state index contributed by atoms with van der Waals surface area (Å²) in [5, 5.41) is -1.33. The van der Waals surface area contributed by atoms with E-state index in [1.54, 1.807) is 0 Å². The minimum Gasteiger partial charge on any atom is -0.279 e. The van der Waals surface area contributed by atoms with E-state index in [4.69, 9.17) is 4.55 Å². The zero-order valence-electron chi connectivity index (χ0n) is 9.46. The van der Waals surface area contributed by atoms with Crippen LogP contribution in [0.15, 0.2) is 49.1 Å². The van der Waals surface area contributed by atoms with Crippen molar-refractivity contribution >= 4 is 21.3 Å². The molecule has 0 atom stereocenters. The average molecular weight is 254 g/mol. The van der Waals surface area contributed by atoms with Gasteiger partial charge in [-0.3, -0.25) is 9.35 Å². The first kappa shape index (κ1) is 15.3. The van der Waals surface area contributed by atoms with Crippen molar-refractivity contribution in [2.24, 2.45) is 0 Å². The second-order valence-corrected chi connectivity index (χ2v) is 4.48. The number of carbonyl (C=O) groups is 1. The fourth-order valence-electron chi connectivity index (χ4n) is 0.809. The molecule has 0 heterocycles. The van der Waals surface area contributed by atoms with Crippen LogP contribution in [0.1, 0.15) is 12.5 Å². The van der Waals surface area contributed by atoms with Crippen molar-refractivity contribution in [3.05, 3.63) is 54.6 Å². The Hall–Kier alpha value is -1.72. The maximum Gasteiger partial charge on any atom is 0.333 e. The van der Waals surface area contributed by atoms with E-state index in [1.807, 2.05) is 36.4 Å². The molecule has 5 heteroatoms. The van der Waals surface area contributed by atoms with Crippen LogP contribution in [-0.4, -0.2) is 18.1 Å². The van der Waals surface area contributed by atoms with Crippen LogP contribution < -0.4 is 0 Å². The number of rotatable bonds is 2. The molecule has 17 heavy (non-hydrogen) atoms. The summed E-state index contributed by atoms with van der Waals surface area (Å²) in [5.74, 6) is 0. The SMILES string of the molecule is C=C(C)C(=O)S(=O)(=O)O.C=Cc1ccccc1. The van der Waals surface area contributed by atoms with Gasteiger partial charge >= 0.3 is 10.1 Å². The molecule has 0 amide bonds. The Morgan fingerprint density at radius 1 is 1.29 bits per heavy atom. The number of benzene rings is 1. The second-order valence-electron chi connectivity index (χ2n) is 3.16. The van der Waals surface area contributed by atoms with Gasteiger partial charge in [0.1, 0.15) is 0 Å². The molecule has 0 aromatic heterocycles. The highest BCUT2D eigenvalue weighted by Gasteiger charge is 2.17. The Bertz CT molecular complexity index is 501. The highest BCUT2D eigenvalue weighted by molar-refractivity contribution is 8.01. The molecule has 0 radical (unpaired) electrons. The molecule has 0 unspecified atom stereocenters. The molecule has 0 spiro atoms. The van der Waals surface area contributed by atoms with Crippen LogP contribution in [0.5, 0.6) is 0 Å². The summed E-state index contributed by atoms with van der Waals surface area (Å²) in [6.45, 7) is 7.87. The van der Waals surface area contributed by atoms with E-state index in [0.29, 0.717) is 0 Å². The lowest BCUT2D eigenvalue weighted by molar-refractivity contribution is -0.109. The predicted octanol–water partition coefficient (Wildman–Crippen LogP) is 2.31. The van der Waals surface area contributed by atoms with Crippen LogP contribution in [0, 0.1) is 0 Å². The molecule has 1 aromatic rings. The smallest absolute Gasteiger partial charge is 0.279 e. The first-order valence-electron chi connectivity index (χ1n) is 4.64. The largest absolute Gasteiger partial charge is 0.333 e. The van der Waals surface area contributed by atoms with Gasteiger partial charge in [-0.2, -0.15) is 8.42 Å². The molecule has 92 valence electrons. The van der Waals surface area contributed by atoms with Crippen molar-refractivity contribution < 1.29 is 17.8 Å². The van der Waals surface area contributed by atoms with E-state index in [1.165, 1.54) is 12.5 Å². The van der Waals surface area contributed by atoms with Crippen LogP contribution in [0.4, 0.5) is 0 Å². The van der Waals surface area contributed by atoms with Gasteiger partial charge in [0, 0.05) is 5.57 Å². The van der Waals surface area contributed by atoms with Gasteiger partial charge in [-0.15, -0.1) is 0 Å². The fourth-order valence-corrected chi connectivity index (χ4v) is 1.25. The van der Waals surface area contributed by atoms with Gasteiger partial charge in [-0.25, -0.2) is 0 Å². The average Bonchev–Trinajstić information content (AvgIpc) is 2.28. The third kappa shape index (κ3) is 6.44. The van der Waals surface area contributed by atoms with Gasteiger partial charge in [-0.1, -0.05) is 49.6 Å². The van der Waals surface area contributed by atoms with Gasteiger partial charge < -0.3 is 0 Å². The molecular formula is C12H14O4S. The molecule has 0 saturated heterocycles. The van der Waals surface area contributed by atoms with E-state index < -0.39 is 15.2 Å². The summed E-state index contributed by atoms with van der Waals surface area (Å²) in [6.07, 6.45) is 1.83. The maximum absolute atomic E-state index is 10.2. The minimum atomic E-state index is -4.54. The summed E-state index contributed by atoms with van der Waals surface area (Å²) in [6, 6.07) is 10.0. The van der Waals surface area contributed by atoms with Crippen molar-refractivity contribution in [1.82, 2.24) is 0 Å². The topological polar surface area (TPSA) is 71.4 Å². The third-order valence-corrected chi connectivity index (χ3v) is 2.44. The molecule has 1 rings (SSSR count). The van der Waals surface area contributed by atoms with Gasteiger partial charge in [0.05, 0.1) is 0 Å². The summed E-state index contributed by atoms with van der Waals surface area (Å²) < 4.78 is 27.9. The summed E-state index contributed by atoms with van der Waals surface area (Å²) in [7, 11) is -4.54. The van der Waals surface area contributed by atoms with E-state index in [0.717, 1.165) is 0 Å². The quantitative estimate of drug-likeness (QED) is 0.649. The van der Waals surface area contributed by atoms with Crippen LogP contribution in [-0.2, 0) is 14.9 Å². The first-order valence-corrected chi connectivity index (χ1v) is 6.08. The van der Waals surface area contributed by atoms with Crippen molar-refractivity contribution in [3.63, 3.8) is 0 Å². The van der Waals surface area contributed by atoms with E-state index in [-0.39, 0.29) is 5.57 Å². The molecule has 4 nitrogen and oxygen atoms in total. The normalized spacial score (nSPS) is 9.76. The van der Waals surface area contributed by atoms with Crippen LogP contribution in [0.3, 0.4) is 0 Å². The van der Waals surface area contributed by atoms with Gasteiger partial charge in [0.15, 0.2) is 0 Å². The van der Waals surface area contributed by atoms with Crippen molar-refractivity contribution in [3.8, 4) is 0 Å². The first-order chi connectivity index (χ1) is 7.79. The number of hydrogen-bond donors (Lipinski definition) is 1. The Kier molecular flexibility index (Phi) is 6.09. The van der Waals surface area contributed by atoms with Crippen molar-refractivity contribution in [2.45, 2.75) is 6.92 Å². The van der Waals surface area contributed by atoms with Crippen LogP contribution in [0.2, 0.25) is 0 Å². The highest BCUT2D eigenvalue weighted by atomic mass is 32.2. The number of hydrogen-bond acceptors (Lipinski definition) is 3. The summed E-state index contributed by atoms with van der Waals surface area (Å²) in [4.78, 5) is 10.2. The van der Waals surface area contributed by atoms with Crippen LogP contribution in [0.25, 0.3) is 6.08 Å². The van der Waals surface area contributed by atoms with E-state index >= 15 is 0 Å². The minimum absolute atomic E-state index is 0.197. The van der Waals surface area contributed by atoms with Gasteiger partial charge in [-0.05, 0) is 12.5 Å². The van der Waals surface area contributed by atoms with Crippen molar-refractivity contribution in [1.29, 1.82) is 0 Å². The third-order valence-electron chi connectivity index (χ3n) is 1.62. The Morgan fingerprint density at radius 2 is 1.76 bits per heavy atom. The monoisotopic (exact) mass is 254 g/mol. The van der Waals surface area contributed by atoms with Crippen LogP contribution >= 0.6 is 0 Å². The lowest BCUT2D eigenvalue weighted by Crippen LogP contribution is -2.13. The molecular weight excluding hydrogens is 240 g/mol. The lowest BCUT2D eigenvalue weighted by atomic mass is 10.2. The fraction of sp³-hybridized carbons (Fsp3) is 0.0833. The molecule has 0 saturated carbocycles. The lowest BCUT2D eigenvalue weighted by Gasteiger charge is -1.90.